The van der Waals surface area contributed by atoms with E-state index in [0.717, 1.165) is 13.1 Å². The number of esters is 1. The molecule has 0 unspecified atom stereocenters. The summed E-state index contributed by atoms with van der Waals surface area (Å²) in [6, 6.07) is 7.31. The molecule has 16 nitrogen and oxygen atoms in total. The van der Waals surface area contributed by atoms with Crippen LogP contribution < -0.4 is 15.6 Å². The Kier molecular flexibility index (Phi) is 26.3. The van der Waals surface area contributed by atoms with Crippen molar-refractivity contribution in [3.05, 3.63) is 83.7 Å². The molecule has 4 aliphatic rings. The van der Waals surface area contributed by atoms with Crippen LogP contribution in [0.2, 0.25) is 0 Å². The van der Waals surface area contributed by atoms with Crippen LogP contribution in [0.1, 0.15) is 88.8 Å². The molecule has 8 rings (SSSR count). The third kappa shape index (κ3) is 16.6. The van der Waals surface area contributed by atoms with Crippen molar-refractivity contribution in [3.63, 3.8) is 0 Å². The van der Waals surface area contributed by atoms with Crippen molar-refractivity contribution in [1.29, 1.82) is 0 Å². The summed E-state index contributed by atoms with van der Waals surface area (Å²) in [5, 5.41) is 4.49. The molecule has 2 aromatic heterocycles. The van der Waals surface area contributed by atoms with Gasteiger partial charge in [0, 0.05) is 93.8 Å². The van der Waals surface area contributed by atoms with Crippen LogP contribution in [0.4, 0.5) is 27.6 Å². The van der Waals surface area contributed by atoms with E-state index < -0.39 is 84.0 Å². The molecule has 6 bridgehead atoms. The van der Waals surface area contributed by atoms with E-state index in [2.05, 4.69) is 27.1 Å². The number of hydrazine groups is 1. The minimum absolute atomic E-state index is 0. The zero-order chi connectivity index (χ0) is 56.5. The van der Waals surface area contributed by atoms with Crippen LogP contribution in [0.15, 0.2) is 61.3 Å². The van der Waals surface area contributed by atoms with Crippen LogP contribution in [0.25, 0.3) is 33.3 Å². The normalized spacial score (nSPS) is 20.1. The van der Waals surface area contributed by atoms with Crippen LogP contribution in [-0.2, 0) is 52.8 Å². The smallest absolute Gasteiger partial charge is 0.406 e. The van der Waals surface area contributed by atoms with Crippen LogP contribution in [0.3, 0.4) is 0 Å². The number of fused-ring (bicyclic) bond motifs is 6. The number of nitrogens with zero attached hydrogens (tertiary/aromatic N) is 7. The van der Waals surface area contributed by atoms with Crippen molar-refractivity contribution in [3.8, 4) is 22.4 Å². The fourth-order valence-corrected chi connectivity index (χ4v) is 11.4. The van der Waals surface area contributed by atoms with Crippen molar-refractivity contribution in [1.82, 2.24) is 40.0 Å². The Hall–Kier alpha value is -4.70. The number of likely N-dealkylation sites (N-methyl/N-ethyl adjacent to an activating group) is 2. The Labute approximate surface area is 518 Å². The van der Waals surface area contributed by atoms with Gasteiger partial charge in [0.15, 0.2) is 0 Å². The van der Waals surface area contributed by atoms with E-state index in [1.54, 1.807) is 51.2 Å². The summed E-state index contributed by atoms with van der Waals surface area (Å²) in [5.74, 6) is -3.82. The molecule has 6 heterocycles. The molecule has 26 heteroatoms. The number of carbonyl (C=O) groups is 5. The van der Waals surface area contributed by atoms with E-state index in [4.69, 9.17) is 14.5 Å². The molecule has 4 aliphatic heterocycles. The molecule has 0 saturated carbocycles. The Balaban J connectivity index is 0.00000361. The highest BCUT2D eigenvalue weighted by atomic mass is 32.1. The van der Waals surface area contributed by atoms with Gasteiger partial charge in [0.2, 0.25) is 17.7 Å². The second kappa shape index (κ2) is 30.1. The number of halogens is 5. The minimum atomic E-state index is -4.71. The Morgan fingerprint density at radius 1 is 0.952 bits per heavy atom. The number of nitrogens with one attached hydrogen (secondary N) is 2. The quantitative estimate of drug-likeness (QED) is 0.0802. The number of likely N-dealkylation sites (tertiary alicyclic amines) is 1. The first kappa shape index (κ1) is 72.6. The summed E-state index contributed by atoms with van der Waals surface area (Å²) >= 11 is 0. The zero-order valence-corrected chi connectivity index (χ0v) is 53.2. The van der Waals surface area contributed by atoms with Crippen LogP contribution >= 0.6 is 67.5 Å². The number of anilines is 1. The van der Waals surface area contributed by atoms with E-state index in [-0.39, 0.29) is 141 Å². The Bertz CT molecular complexity index is 2950. The third-order valence-electron chi connectivity index (χ3n) is 15.6. The lowest BCUT2D eigenvalue weighted by atomic mass is 9.84. The predicted molar refractivity (Wildman–Crippen MR) is 337 cm³/mol. The molecular weight excluding hydrogens is 1180 g/mol. The van der Waals surface area contributed by atoms with Gasteiger partial charge in [-0.25, -0.2) is 14.2 Å². The summed E-state index contributed by atoms with van der Waals surface area (Å²) in [7, 11) is 5.01. The molecule has 0 aliphatic carbocycles. The van der Waals surface area contributed by atoms with Gasteiger partial charge in [-0.2, -0.15) is 80.6 Å². The molecule has 0 radical (unpaired) electrons. The molecule has 3 fully saturated rings. The fraction of sp³-hybridized carbons (Fsp3) is 0.544. The second-order valence-corrected chi connectivity index (χ2v) is 22.5. The Morgan fingerprint density at radius 3 is 2.27 bits per heavy atom. The summed E-state index contributed by atoms with van der Waals surface area (Å²) in [4.78, 5) is 82.1. The summed E-state index contributed by atoms with van der Waals surface area (Å²) < 4.78 is 88.8. The van der Waals surface area contributed by atoms with E-state index in [9.17, 15) is 24.0 Å². The van der Waals surface area contributed by atoms with Crippen molar-refractivity contribution >= 4 is 114 Å². The summed E-state index contributed by atoms with van der Waals surface area (Å²) in [6.45, 7) is 14.3. The molecule has 2 N–H and O–H groups in total. The van der Waals surface area contributed by atoms with Crippen LogP contribution in [0.5, 0.6) is 0 Å². The first-order valence-electron chi connectivity index (χ1n) is 26.7. The van der Waals surface area contributed by atoms with E-state index in [1.807, 2.05) is 27.0 Å². The molecule has 4 amide bonds. The second-order valence-electron chi connectivity index (χ2n) is 22.5. The molecular formula is C57H82F5N9O7S5. The van der Waals surface area contributed by atoms with Gasteiger partial charge in [-0.05, 0) is 98.2 Å². The Morgan fingerprint density at radius 2 is 1.64 bits per heavy atom. The molecule has 3 saturated heterocycles. The number of hydrogen-bond donors (Lipinski definition) is 2. The van der Waals surface area contributed by atoms with Crippen molar-refractivity contribution < 1.29 is 55.4 Å². The molecule has 83 heavy (non-hydrogen) atoms. The number of carbonyl (C=O) groups excluding carboxylic acids is 5. The van der Waals surface area contributed by atoms with Gasteiger partial charge >= 0.3 is 12.1 Å². The van der Waals surface area contributed by atoms with E-state index in [1.165, 1.54) is 51.7 Å². The maximum Gasteiger partial charge on any atom is 0.406 e. The lowest BCUT2D eigenvalue weighted by molar-refractivity contribution is -0.155. The topological polar surface area (TPSA) is 162 Å². The standard InChI is InChI=1S/C57H72F5N9O7.5H2S/c1-10-47(72)69-17-15-37(30-69)53(74)67(8)49(33(2)3)52(73)64-45-24-35-22-38(25-39(23-35)51(58)59)36-13-14-46-41(26-36)43(28-56(5,6)32-78-55(76)44-12-11-16-71(65-44)54(45)75)50(70(46)31-57(60,61)62)42-27-40(29-63-48(42)34(4)77-9)68-20-18-66(7)19-21-68;;;;;/h10,13-14,22-23,25-27,29,33-34,37,44-45,49,51,65H,1,11-12,15-21,24,28,30-32H2,2-9H3,(H,64,73);5*1H2/t34-,37-,44-,45-,49-;;;;;/m0...../s1. The SMILES string of the molecule is C=CC(=O)N1CC[C@H](C(=O)N(C)[C@H](C(=O)N[C@H]2Cc3cc(cc(C(F)F)c3)-c3ccc4c(c3)c(c(-c3cc(N5CCN(C)CC5)cnc3[C@H](C)OC)n4CC(F)(F)F)CC(C)(C)COC(=O)[C@@H]3CCCN(N3)C2=O)C(C)C)C1.S.S.S.S.S. The van der Waals surface area contributed by atoms with Gasteiger partial charge in [0.05, 0.1) is 41.9 Å². The van der Waals surface area contributed by atoms with E-state index in [0.29, 0.717) is 65.9 Å². The van der Waals surface area contributed by atoms with Gasteiger partial charge in [0.1, 0.15) is 24.7 Å². The molecule has 0 spiro atoms. The molecule has 5 atom stereocenters. The number of rotatable bonds is 12. The number of aromatic nitrogens is 2. The van der Waals surface area contributed by atoms with Crippen molar-refractivity contribution in [2.75, 3.05) is 78.5 Å². The number of piperazine rings is 1. The number of ether oxygens (including phenoxy) is 2. The highest BCUT2D eigenvalue weighted by Crippen LogP contribution is 2.44. The average Bonchev–Trinajstić information content (AvgIpc) is 4.26. The predicted octanol–water partition coefficient (Wildman–Crippen LogP) is 8.06. The lowest BCUT2D eigenvalue weighted by Gasteiger charge is -2.37. The molecule has 4 aromatic rings. The number of benzene rings is 2. The number of hydrogen-bond acceptors (Lipinski definition) is 11. The highest BCUT2D eigenvalue weighted by molar-refractivity contribution is 7.60. The van der Waals surface area contributed by atoms with Gasteiger partial charge in [0.25, 0.3) is 12.3 Å². The van der Waals surface area contributed by atoms with E-state index >= 15 is 22.0 Å². The highest BCUT2D eigenvalue weighted by Gasteiger charge is 2.41. The zero-order valence-electron chi connectivity index (χ0n) is 48.2. The largest absolute Gasteiger partial charge is 0.464 e. The van der Waals surface area contributed by atoms with Gasteiger partial charge in [-0.15, -0.1) is 0 Å². The summed E-state index contributed by atoms with van der Waals surface area (Å²) in [6.07, 6.45) is -4.73. The van der Waals surface area contributed by atoms with Gasteiger partial charge in [-0.3, -0.25) is 34.0 Å². The summed E-state index contributed by atoms with van der Waals surface area (Å²) in [5.41, 5.74) is 5.02. The first-order chi connectivity index (χ1) is 36.9. The maximum atomic E-state index is 15.2. The molecule has 2 aromatic carbocycles. The minimum Gasteiger partial charge on any atom is -0.464 e. The first-order valence-corrected chi connectivity index (χ1v) is 26.7. The number of amides is 4. The third-order valence-corrected chi connectivity index (χ3v) is 15.6. The number of pyridine rings is 1. The van der Waals surface area contributed by atoms with Crippen molar-refractivity contribution in [2.24, 2.45) is 17.3 Å². The lowest BCUT2D eigenvalue weighted by Crippen LogP contribution is -2.62. The fourth-order valence-electron chi connectivity index (χ4n) is 11.4. The number of methoxy groups -OCH3 is 1. The van der Waals surface area contributed by atoms with Gasteiger partial charge < -0.3 is 39.0 Å². The molecule has 462 valence electrons. The number of alkyl halides is 5. The van der Waals surface area contributed by atoms with Crippen LogP contribution in [-0.4, -0.2) is 157 Å². The van der Waals surface area contributed by atoms with Crippen LogP contribution in [0, 0.1) is 17.3 Å². The van der Waals surface area contributed by atoms with Gasteiger partial charge in [-0.1, -0.05) is 52.5 Å². The maximum absolute atomic E-state index is 15.2. The average molecular weight is 1260 g/mol. The van der Waals surface area contributed by atoms with Crippen molar-refractivity contribution in [2.45, 2.75) is 110 Å². The monoisotopic (exact) mass is 1260 g/mol. The number of cyclic esters (lactones) is 1.